The smallest absolute Gasteiger partial charge is 0.338 e. The minimum Gasteiger partial charge on any atom is -0.507 e. The van der Waals surface area contributed by atoms with E-state index < -0.39 is 191 Å². The number of carbonyl (C=O) groups excluding carboxylic acids is 7. The van der Waals surface area contributed by atoms with Crippen LogP contribution < -0.4 is 20.3 Å². The molecule has 0 amide bonds. The maximum atomic E-state index is 14.1. The Morgan fingerprint density at radius 2 is 1.00 bits per heavy atom. The molecule has 0 radical (unpaired) electrons. The maximum absolute atomic E-state index is 14.1. The molecule has 2 fully saturated rings. The molecule has 2 saturated heterocycles. The molecule has 2 aliphatic heterocycles. The number of aliphatic hydroxyl groups excluding tert-OH is 2. The molecule has 10 N–H and O–H groups in total. The molecule has 6 aliphatic rings. The number of nitrogens with one attached hydrogen (secondary N) is 2. The third-order valence-corrected chi connectivity index (χ3v) is 16.3. The number of rotatable bonds is 13. The molecule has 24 heteroatoms. The van der Waals surface area contributed by atoms with Gasteiger partial charge in [-0.15, -0.1) is 5.48 Å². The molecule has 10 rings (SSSR count). The van der Waals surface area contributed by atoms with Crippen LogP contribution in [0.3, 0.4) is 0 Å². The molecule has 4 aromatic carbocycles. The molecule has 12 atom stereocenters. The third kappa shape index (κ3) is 9.08. The van der Waals surface area contributed by atoms with Crippen LogP contribution in [0, 0.1) is 0 Å². The Kier molecular flexibility index (Phi) is 14.5. The van der Waals surface area contributed by atoms with Crippen LogP contribution in [-0.4, -0.2) is 163 Å². The van der Waals surface area contributed by atoms with Crippen LogP contribution in [0.4, 0.5) is 0 Å². The monoisotopic (exact) mass is 1110 g/mol. The Labute approximate surface area is 455 Å². The van der Waals surface area contributed by atoms with Crippen molar-refractivity contribution in [3.8, 4) is 34.5 Å². The zero-order chi connectivity index (χ0) is 57.8. The summed E-state index contributed by atoms with van der Waals surface area (Å²) in [6.45, 7) is 4.61. The zero-order valence-electron chi connectivity index (χ0n) is 44.0. The van der Waals surface area contributed by atoms with Crippen molar-refractivity contribution in [2.75, 3.05) is 20.8 Å². The summed E-state index contributed by atoms with van der Waals surface area (Å²) in [7, 11) is 2.58. The predicted molar refractivity (Wildman–Crippen MR) is 270 cm³/mol. The number of fused-ring (bicyclic) bond motifs is 6. The van der Waals surface area contributed by atoms with Crippen molar-refractivity contribution in [1.82, 2.24) is 10.8 Å². The van der Waals surface area contributed by atoms with E-state index in [0.29, 0.717) is 0 Å². The number of phenols is 4. The number of methoxy groups -OCH3 is 2. The molecule has 0 aromatic heterocycles. The van der Waals surface area contributed by atoms with Gasteiger partial charge in [0.1, 0.15) is 45.7 Å². The summed E-state index contributed by atoms with van der Waals surface area (Å²) in [6, 6.07) is 6.45. The van der Waals surface area contributed by atoms with Crippen molar-refractivity contribution < 1.29 is 108 Å². The summed E-state index contributed by atoms with van der Waals surface area (Å²) in [5.74, 6) is -8.68. The lowest BCUT2D eigenvalue weighted by atomic mass is 9.72. The minimum absolute atomic E-state index is 0.0319. The van der Waals surface area contributed by atoms with Gasteiger partial charge in [0.05, 0.1) is 96.8 Å². The number of carbonyl (C=O) groups is 7. The summed E-state index contributed by atoms with van der Waals surface area (Å²) < 4.78 is 35.3. The summed E-state index contributed by atoms with van der Waals surface area (Å²) in [5, 5.41) is 95.9. The number of hydroxylamine groups is 1. The van der Waals surface area contributed by atoms with Crippen LogP contribution in [0.1, 0.15) is 152 Å². The predicted octanol–water partition coefficient (Wildman–Crippen LogP) is 1.79. The fraction of sp³-hybridized carbons (Fsp3) is 0.446. The van der Waals surface area contributed by atoms with Gasteiger partial charge >= 0.3 is 5.97 Å². The number of ether oxygens (including phenoxy) is 6. The summed E-state index contributed by atoms with van der Waals surface area (Å²) in [6.07, 6.45) is -12.9. The van der Waals surface area contributed by atoms with Gasteiger partial charge < -0.3 is 79.4 Å². The normalized spacial score (nSPS) is 29.5. The second-order valence-electron chi connectivity index (χ2n) is 21.1. The molecule has 80 heavy (non-hydrogen) atoms. The molecular weight excluding hydrogens is 1050 g/mol. The largest absolute Gasteiger partial charge is 0.507 e. The van der Waals surface area contributed by atoms with Crippen LogP contribution in [-0.2, 0) is 51.0 Å². The first-order chi connectivity index (χ1) is 37.8. The lowest BCUT2D eigenvalue weighted by Crippen LogP contribution is -2.56. The van der Waals surface area contributed by atoms with E-state index in [2.05, 4.69) is 10.8 Å². The Morgan fingerprint density at radius 1 is 0.600 bits per heavy atom. The van der Waals surface area contributed by atoms with Gasteiger partial charge in [-0.3, -0.25) is 28.8 Å². The maximum Gasteiger partial charge on any atom is 0.338 e. The van der Waals surface area contributed by atoms with Crippen molar-refractivity contribution in [3.05, 3.63) is 103 Å². The van der Waals surface area contributed by atoms with E-state index in [9.17, 15) is 74.4 Å². The quantitative estimate of drug-likeness (QED) is 0.0582. The van der Waals surface area contributed by atoms with Gasteiger partial charge in [-0.25, -0.2) is 4.79 Å². The topological polar surface area (TPSA) is 370 Å². The van der Waals surface area contributed by atoms with Gasteiger partial charge in [-0.1, -0.05) is 24.3 Å². The Balaban J connectivity index is 0.833. The van der Waals surface area contributed by atoms with Crippen LogP contribution in [0.5, 0.6) is 34.5 Å². The van der Waals surface area contributed by atoms with Crippen molar-refractivity contribution in [2.45, 2.75) is 139 Å². The lowest BCUT2D eigenvalue weighted by molar-refractivity contribution is -0.256. The average molecular weight is 1110 g/mol. The highest BCUT2D eigenvalue weighted by Gasteiger charge is 2.52. The Bertz CT molecular complexity index is 3120. The Hall–Kier alpha value is -7.23. The molecule has 0 spiro atoms. The number of aliphatic hydroxyl groups is 4. The highest BCUT2D eigenvalue weighted by atomic mass is 16.7. The number of Topliss-reactive ketones (excluding diaryl/α,β-unsaturated/α-hetero) is 2. The van der Waals surface area contributed by atoms with Crippen LogP contribution in [0.25, 0.3) is 0 Å². The number of hydrogen-bond donors (Lipinski definition) is 10. The minimum atomic E-state index is -2.21. The van der Waals surface area contributed by atoms with Gasteiger partial charge in [0.2, 0.25) is 11.6 Å². The molecule has 4 aliphatic carbocycles. The summed E-state index contributed by atoms with van der Waals surface area (Å²) in [5.41, 5.74) is -5.41. The second-order valence-corrected chi connectivity index (χ2v) is 21.1. The van der Waals surface area contributed by atoms with Gasteiger partial charge in [0.15, 0.2) is 35.7 Å². The Morgan fingerprint density at radius 3 is 1.41 bits per heavy atom. The average Bonchev–Trinajstić information content (AvgIpc) is 3.56. The van der Waals surface area contributed by atoms with Gasteiger partial charge in [0.25, 0.3) is 0 Å². The van der Waals surface area contributed by atoms with E-state index in [1.807, 2.05) is 0 Å². The van der Waals surface area contributed by atoms with Crippen molar-refractivity contribution >= 4 is 40.7 Å². The van der Waals surface area contributed by atoms with E-state index in [4.69, 9.17) is 33.3 Å². The van der Waals surface area contributed by atoms with E-state index in [1.54, 1.807) is 0 Å². The van der Waals surface area contributed by atoms with Crippen LogP contribution >= 0.6 is 0 Å². The first-order valence-electron chi connectivity index (χ1n) is 25.7. The number of benzene rings is 4. The second kappa shape index (κ2) is 20.7. The number of phenolic OH excluding ortho intramolecular Hbond substituents is 4. The molecule has 424 valence electrons. The summed E-state index contributed by atoms with van der Waals surface area (Å²) in [4.78, 5) is 101. The first kappa shape index (κ1) is 56.1. The molecule has 8 unspecified atom stereocenters. The highest BCUT2D eigenvalue weighted by Crippen LogP contribution is 2.55. The van der Waals surface area contributed by atoms with Crippen LogP contribution in [0.2, 0.25) is 0 Å². The fourth-order valence-corrected chi connectivity index (χ4v) is 12.0. The van der Waals surface area contributed by atoms with Crippen LogP contribution in [0.15, 0.2) is 36.4 Å². The number of ketones is 6. The van der Waals surface area contributed by atoms with Gasteiger partial charge in [0, 0.05) is 77.9 Å². The van der Waals surface area contributed by atoms with Crippen molar-refractivity contribution in [3.63, 3.8) is 0 Å². The van der Waals surface area contributed by atoms with E-state index in [1.165, 1.54) is 64.5 Å². The SMILES string of the molecule is COc1cccc2c1C(=O)c1c(O)c3c(c(O)c1C2=O)C[C@@](O)(C(C)=O)C[C@@H]3OC1CC(NCC(=O)ONC2CC(O[C@H]3C[C@](O)(C(C)=O)Cc4c(O)c5c(c(O)c43)C(=O)c3c(OC)cccc3C5=O)OC(C)C2O)C(O)C(C)O1. The lowest BCUT2D eigenvalue weighted by Gasteiger charge is -2.43. The van der Waals surface area contributed by atoms with Gasteiger partial charge in [-0.05, 0) is 39.8 Å². The third-order valence-electron chi connectivity index (χ3n) is 16.3. The van der Waals surface area contributed by atoms with E-state index in [0.717, 1.165) is 13.8 Å². The molecule has 2 heterocycles. The molecule has 24 nitrogen and oxygen atoms in total. The number of hydrogen-bond acceptors (Lipinski definition) is 24. The molecular formula is C56H58N2O22. The van der Waals surface area contributed by atoms with Gasteiger partial charge in [-0.2, -0.15) is 0 Å². The number of aromatic hydroxyl groups is 4. The molecule has 4 aromatic rings. The van der Waals surface area contributed by atoms with Crippen molar-refractivity contribution in [2.24, 2.45) is 0 Å². The molecule has 0 saturated carbocycles. The van der Waals surface area contributed by atoms with Crippen molar-refractivity contribution in [1.29, 1.82) is 0 Å². The standard InChI is InChI=1S/C56H58N2O22/c1-20-45(62)28(13-35(76-20)78-32-17-55(72,22(3)59)15-26-39(32)53(70)43-41(49(26)66)47(64)24-9-7-11-30(74-5)37(24)51(43)68)57-19-34(61)80-58-29-14-36(77-21(2)46(29)63)79-33-18-56(73,23(4)60)16-27-40(33)54(71)44-42(50(27)67)48(65)25-10-8-12-31(75-6)38(25)52(44)69/h7-12,20-21,28-29,32-33,35-36,45-46,57-58,62-63,66-67,70-73H,13-19H2,1-6H3/t20?,21?,28?,29?,32-,33-,35?,36?,45?,46?,55-,56-/m0/s1. The fourth-order valence-electron chi connectivity index (χ4n) is 12.0. The molecule has 0 bridgehead atoms. The highest BCUT2D eigenvalue weighted by molar-refractivity contribution is 6.32. The first-order valence-corrected chi connectivity index (χ1v) is 25.7. The zero-order valence-corrected chi connectivity index (χ0v) is 44.0. The van der Waals surface area contributed by atoms with E-state index >= 15 is 0 Å². The summed E-state index contributed by atoms with van der Waals surface area (Å²) >= 11 is 0. The van der Waals surface area contributed by atoms with E-state index in [-0.39, 0.29) is 68.8 Å².